The number of alkyl halides is 6. The molecule has 0 aliphatic rings. The van der Waals surface area contributed by atoms with Crippen LogP contribution in [0, 0.1) is 0 Å². The summed E-state index contributed by atoms with van der Waals surface area (Å²) >= 11 is 0. The maximum absolute atomic E-state index is 13.4. The number of halogens is 6. The van der Waals surface area contributed by atoms with Crippen LogP contribution >= 0.6 is 0 Å². The quantitative estimate of drug-likeness (QED) is 0.319. The van der Waals surface area contributed by atoms with Gasteiger partial charge in [-0.3, -0.25) is 4.72 Å². The van der Waals surface area contributed by atoms with Crippen LogP contribution in [-0.2, 0) is 22.6 Å². The molecule has 0 bridgehead atoms. The smallest absolute Gasteiger partial charge is 0.271 e. The van der Waals surface area contributed by atoms with E-state index in [1.807, 2.05) is 4.72 Å². The number of hydrogen-bond donors (Lipinski definition) is 2. The van der Waals surface area contributed by atoms with E-state index in [0.29, 0.717) is 16.7 Å². The van der Waals surface area contributed by atoms with Crippen LogP contribution in [0.2, 0.25) is 0 Å². The van der Waals surface area contributed by atoms with Crippen molar-refractivity contribution in [2.45, 2.75) is 12.4 Å². The molecule has 6 nitrogen and oxygen atoms in total. The Morgan fingerprint density at radius 2 is 1.22 bits per heavy atom. The molecule has 0 fully saturated rings. The second kappa shape index (κ2) is 8.99. The van der Waals surface area contributed by atoms with Gasteiger partial charge in [-0.2, -0.15) is 39.9 Å². The van der Waals surface area contributed by atoms with Crippen molar-refractivity contribution in [2.75, 3.05) is 4.72 Å². The van der Waals surface area contributed by atoms with Crippen molar-refractivity contribution >= 4 is 15.9 Å². The summed E-state index contributed by atoms with van der Waals surface area (Å²) in [6.07, 6.45) is -9.20. The van der Waals surface area contributed by atoms with E-state index in [9.17, 15) is 34.8 Å². The van der Waals surface area contributed by atoms with Gasteiger partial charge in [-0.25, -0.2) is 9.82 Å². The fraction of sp³-hybridized carbons (Fsp3) is 0.0870. The molecular weight excluding hydrogens is 510 g/mol. The van der Waals surface area contributed by atoms with E-state index in [-0.39, 0.29) is 17.1 Å². The third-order valence-corrected chi connectivity index (χ3v) is 5.62. The first-order chi connectivity index (χ1) is 16.7. The van der Waals surface area contributed by atoms with Crippen molar-refractivity contribution in [2.24, 2.45) is 5.14 Å². The number of nitrogens with two attached hydrogens (primary N) is 1. The van der Waals surface area contributed by atoms with Crippen molar-refractivity contribution in [3.8, 4) is 28.1 Å². The van der Waals surface area contributed by atoms with Crippen LogP contribution in [0.5, 0.6) is 0 Å². The van der Waals surface area contributed by atoms with Crippen molar-refractivity contribution in [1.82, 2.24) is 9.78 Å². The van der Waals surface area contributed by atoms with E-state index >= 15 is 0 Å². The van der Waals surface area contributed by atoms with Gasteiger partial charge < -0.3 is 0 Å². The second-order valence-electron chi connectivity index (χ2n) is 7.67. The van der Waals surface area contributed by atoms with Gasteiger partial charge >= 0.3 is 12.4 Å². The van der Waals surface area contributed by atoms with Crippen molar-refractivity contribution in [1.29, 1.82) is 0 Å². The predicted molar refractivity (Wildman–Crippen MR) is 121 cm³/mol. The molecular formula is C23H16F6N4O2S. The highest BCUT2D eigenvalue weighted by Gasteiger charge is 2.35. The molecule has 4 aromatic rings. The third kappa shape index (κ3) is 5.69. The van der Waals surface area contributed by atoms with Crippen LogP contribution in [0.1, 0.15) is 11.3 Å². The van der Waals surface area contributed by atoms with Gasteiger partial charge in [0.1, 0.15) is 0 Å². The summed E-state index contributed by atoms with van der Waals surface area (Å²) in [7, 11) is -4.03. The molecule has 1 aromatic heterocycles. The van der Waals surface area contributed by atoms with Gasteiger partial charge in [0.05, 0.1) is 16.9 Å². The minimum absolute atomic E-state index is 0.0912. The lowest BCUT2D eigenvalue weighted by Gasteiger charge is -2.11. The molecule has 13 heteroatoms. The van der Waals surface area contributed by atoms with Gasteiger partial charge in [-0.15, -0.1) is 0 Å². The number of nitrogens with one attached hydrogen (secondary N) is 1. The van der Waals surface area contributed by atoms with Gasteiger partial charge in [0.15, 0.2) is 5.69 Å². The minimum Gasteiger partial charge on any atom is -0.271 e. The fourth-order valence-electron chi connectivity index (χ4n) is 3.44. The lowest BCUT2D eigenvalue weighted by atomic mass is 10.0. The van der Waals surface area contributed by atoms with Crippen molar-refractivity contribution in [3.05, 3.63) is 90.1 Å². The summed E-state index contributed by atoms with van der Waals surface area (Å²) in [6.45, 7) is 0. The average molecular weight is 526 g/mol. The summed E-state index contributed by atoms with van der Waals surface area (Å²) < 4.78 is 104. The number of rotatable bonds is 5. The molecule has 0 radical (unpaired) electrons. The van der Waals surface area contributed by atoms with E-state index in [1.165, 1.54) is 48.5 Å². The van der Waals surface area contributed by atoms with Gasteiger partial charge in [0.25, 0.3) is 10.2 Å². The molecule has 188 valence electrons. The zero-order valence-electron chi connectivity index (χ0n) is 18.0. The Morgan fingerprint density at radius 3 is 1.69 bits per heavy atom. The lowest BCUT2D eigenvalue weighted by Crippen LogP contribution is -2.21. The summed E-state index contributed by atoms with van der Waals surface area (Å²) in [5.74, 6) is 0. The Morgan fingerprint density at radius 1 is 0.722 bits per heavy atom. The average Bonchev–Trinajstić information content (AvgIpc) is 3.24. The summed E-state index contributed by atoms with van der Waals surface area (Å²) in [5, 5.41) is 8.58. The van der Waals surface area contributed by atoms with E-state index in [1.54, 1.807) is 12.1 Å². The Hall–Kier alpha value is -3.84. The molecule has 36 heavy (non-hydrogen) atoms. The summed E-state index contributed by atoms with van der Waals surface area (Å²) in [6, 6.07) is 16.9. The molecule has 0 saturated heterocycles. The Kier molecular flexibility index (Phi) is 6.31. The monoisotopic (exact) mass is 526 g/mol. The highest BCUT2D eigenvalue weighted by atomic mass is 32.2. The maximum Gasteiger partial charge on any atom is 0.435 e. The maximum atomic E-state index is 13.4. The van der Waals surface area contributed by atoms with Crippen LogP contribution in [0.3, 0.4) is 0 Å². The third-order valence-electron chi connectivity index (χ3n) is 5.10. The zero-order chi connectivity index (χ0) is 26.3. The van der Waals surface area contributed by atoms with Crippen molar-refractivity contribution in [3.63, 3.8) is 0 Å². The number of benzene rings is 3. The Bertz CT molecular complexity index is 1480. The number of hydrogen-bond acceptors (Lipinski definition) is 3. The van der Waals surface area contributed by atoms with Gasteiger partial charge in [0, 0.05) is 11.3 Å². The van der Waals surface area contributed by atoms with E-state index in [0.717, 1.165) is 22.9 Å². The molecule has 3 aromatic carbocycles. The number of anilines is 1. The van der Waals surface area contributed by atoms with E-state index in [4.69, 9.17) is 5.14 Å². The SMILES string of the molecule is NS(=O)(=O)Nc1ccc(-n2nc(C(F)(F)F)cc2-c2ccc(-c3ccc(C(F)(F)F)cc3)cc2)cc1. The summed E-state index contributed by atoms with van der Waals surface area (Å²) in [5.41, 5.74) is -0.106. The first-order valence-electron chi connectivity index (χ1n) is 10.1. The van der Waals surface area contributed by atoms with E-state index in [2.05, 4.69) is 5.10 Å². The molecule has 0 amide bonds. The highest BCUT2D eigenvalue weighted by molar-refractivity contribution is 7.90. The molecule has 0 aliphatic carbocycles. The highest BCUT2D eigenvalue weighted by Crippen LogP contribution is 2.35. The van der Waals surface area contributed by atoms with Crippen LogP contribution < -0.4 is 9.86 Å². The van der Waals surface area contributed by atoms with Crippen LogP contribution in [0.25, 0.3) is 28.1 Å². The Labute approximate surface area is 201 Å². The van der Waals surface area contributed by atoms with Gasteiger partial charge in [0.2, 0.25) is 0 Å². The standard InChI is InChI=1S/C23H16F6N4O2S/c24-22(25,26)17-7-5-15(6-8-17)14-1-3-16(4-2-14)20-13-21(23(27,28)29)31-33(20)19-11-9-18(10-12-19)32-36(30,34)35/h1-13,32H,(H2,30,34,35). The molecule has 0 saturated carbocycles. The van der Waals surface area contributed by atoms with Crippen LogP contribution in [0.15, 0.2) is 78.9 Å². The first-order valence-corrected chi connectivity index (χ1v) is 11.6. The van der Waals surface area contributed by atoms with Crippen molar-refractivity contribution < 1.29 is 34.8 Å². The van der Waals surface area contributed by atoms with E-state index < -0.39 is 33.8 Å². The largest absolute Gasteiger partial charge is 0.435 e. The molecule has 3 N–H and O–H groups in total. The molecule has 1 heterocycles. The fourth-order valence-corrected chi connectivity index (χ4v) is 3.91. The number of nitrogens with zero attached hydrogens (tertiary/aromatic N) is 2. The lowest BCUT2D eigenvalue weighted by molar-refractivity contribution is -0.141. The topological polar surface area (TPSA) is 90.0 Å². The van der Waals surface area contributed by atoms with Crippen LogP contribution in [-0.4, -0.2) is 18.2 Å². The minimum atomic E-state index is -4.73. The van der Waals surface area contributed by atoms with Gasteiger partial charge in [-0.05, 0) is 53.6 Å². The van der Waals surface area contributed by atoms with Gasteiger partial charge in [-0.1, -0.05) is 36.4 Å². The summed E-state index contributed by atoms with van der Waals surface area (Å²) in [4.78, 5) is 0. The molecule has 4 rings (SSSR count). The molecule has 0 spiro atoms. The first kappa shape index (κ1) is 25.3. The second-order valence-corrected chi connectivity index (χ2v) is 8.96. The predicted octanol–water partition coefficient (Wildman–Crippen LogP) is 5.86. The number of aromatic nitrogens is 2. The molecule has 0 atom stereocenters. The zero-order valence-corrected chi connectivity index (χ0v) is 18.8. The van der Waals surface area contributed by atoms with Crippen LogP contribution in [0.4, 0.5) is 32.0 Å². The molecule has 0 unspecified atom stereocenters. The molecule has 0 aliphatic heterocycles. The normalized spacial score (nSPS) is 12.5. The Balaban J connectivity index is 1.70.